The third-order valence-electron chi connectivity index (χ3n) is 3.96. The van der Waals surface area contributed by atoms with Gasteiger partial charge in [-0.1, -0.05) is 35.9 Å². The lowest BCUT2D eigenvalue weighted by molar-refractivity contribution is 0.263. The second kappa shape index (κ2) is 5.90. The number of aromatic nitrogens is 2. The first kappa shape index (κ1) is 13.5. The molecular formula is C16H18ClN3. The second-order valence-electron chi connectivity index (χ2n) is 5.27. The molecule has 0 radical (unpaired) electrons. The largest absolute Gasteiger partial charge is 0.297 e. The number of hydrogen-bond donors (Lipinski definition) is 0. The smallest absolute Gasteiger partial charge is 0.159 e. The minimum atomic E-state index is 0.484. The van der Waals surface area contributed by atoms with E-state index in [9.17, 15) is 0 Å². The predicted octanol–water partition coefficient (Wildman–Crippen LogP) is 3.95. The highest BCUT2D eigenvalue weighted by atomic mass is 35.5. The van der Waals surface area contributed by atoms with Crippen molar-refractivity contribution in [3.63, 3.8) is 0 Å². The minimum Gasteiger partial charge on any atom is -0.297 e. The average Bonchev–Trinajstić information content (AvgIpc) is 3.02. The van der Waals surface area contributed by atoms with Gasteiger partial charge in [0.15, 0.2) is 5.82 Å². The summed E-state index contributed by atoms with van der Waals surface area (Å²) >= 11 is 5.81. The monoisotopic (exact) mass is 287 g/mol. The van der Waals surface area contributed by atoms with Gasteiger partial charge in [-0.15, -0.1) is 0 Å². The van der Waals surface area contributed by atoms with Gasteiger partial charge in [-0.3, -0.25) is 4.90 Å². The molecule has 3 rings (SSSR count). The van der Waals surface area contributed by atoms with Crippen molar-refractivity contribution in [1.29, 1.82) is 0 Å². The van der Waals surface area contributed by atoms with Crippen LogP contribution in [0.1, 0.15) is 31.4 Å². The lowest BCUT2D eigenvalue weighted by atomic mass is 10.0. The van der Waals surface area contributed by atoms with Crippen molar-refractivity contribution in [2.24, 2.45) is 0 Å². The minimum absolute atomic E-state index is 0.484. The number of hydrogen-bond acceptors (Lipinski definition) is 3. The molecule has 0 spiro atoms. The Morgan fingerprint density at radius 2 is 1.65 bits per heavy atom. The fraction of sp³-hybridized carbons (Fsp3) is 0.375. The first-order valence-electron chi connectivity index (χ1n) is 7.06. The van der Waals surface area contributed by atoms with Crippen LogP contribution in [0.5, 0.6) is 0 Å². The van der Waals surface area contributed by atoms with Gasteiger partial charge >= 0.3 is 0 Å². The van der Waals surface area contributed by atoms with Gasteiger partial charge in [0, 0.05) is 24.0 Å². The fourth-order valence-corrected chi connectivity index (χ4v) is 2.81. The summed E-state index contributed by atoms with van der Waals surface area (Å²) in [7, 11) is 0. The Balaban J connectivity index is 1.78. The molecule has 104 valence electrons. The Hall–Kier alpha value is -1.45. The third kappa shape index (κ3) is 2.84. The summed E-state index contributed by atoms with van der Waals surface area (Å²) in [6, 6.07) is 9.01. The molecule has 20 heavy (non-hydrogen) atoms. The van der Waals surface area contributed by atoms with E-state index in [2.05, 4.69) is 46.1 Å². The number of benzene rings is 1. The Bertz CT molecular complexity index is 559. The molecule has 0 saturated carbocycles. The lowest BCUT2D eigenvalue weighted by Crippen LogP contribution is -2.23. The molecule has 0 N–H and O–H groups in total. The van der Waals surface area contributed by atoms with Crippen LogP contribution in [0.4, 0.5) is 0 Å². The van der Waals surface area contributed by atoms with E-state index < -0.39 is 0 Å². The van der Waals surface area contributed by atoms with Gasteiger partial charge in [-0.2, -0.15) is 0 Å². The summed E-state index contributed by atoms with van der Waals surface area (Å²) in [5.74, 6) is 0.717. The van der Waals surface area contributed by atoms with Crippen LogP contribution in [0.15, 0.2) is 36.7 Å². The maximum absolute atomic E-state index is 5.81. The summed E-state index contributed by atoms with van der Waals surface area (Å²) in [5.41, 5.74) is 2.38. The van der Waals surface area contributed by atoms with Gasteiger partial charge in [-0.25, -0.2) is 9.97 Å². The molecule has 1 aromatic carbocycles. The molecule has 0 aliphatic carbocycles. The molecule has 4 heteroatoms. The Morgan fingerprint density at radius 3 is 2.25 bits per heavy atom. The SMILES string of the molecule is CC(c1ccc(-c2ncc(Cl)cn2)cc1)N1CCCC1. The molecule has 1 aliphatic heterocycles. The number of likely N-dealkylation sites (tertiary alicyclic amines) is 1. The zero-order chi connectivity index (χ0) is 13.9. The molecule has 1 atom stereocenters. The molecule has 2 heterocycles. The molecule has 2 aromatic rings. The standard InChI is InChI=1S/C16H18ClN3/c1-12(20-8-2-3-9-20)13-4-6-14(7-5-13)16-18-10-15(17)11-19-16/h4-7,10-12H,2-3,8-9H2,1H3. The van der Waals surface area contributed by atoms with Crippen LogP contribution in [0.2, 0.25) is 5.02 Å². The fourth-order valence-electron chi connectivity index (χ4n) is 2.71. The Kier molecular flexibility index (Phi) is 3.99. The van der Waals surface area contributed by atoms with Gasteiger partial charge in [0.25, 0.3) is 0 Å². The maximum atomic E-state index is 5.81. The quantitative estimate of drug-likeness (QED) is 0.856. The van der Waals surface area contributed by atoms with Gasteiger partial charge < -0.3 is 0 Å². The normalized spacial score (nSPS) is 17.3. The van der Waals surface area contributed by atoms with E-state index in [4.69, 9.17) is 11.6 Å². The van der Waals surface area contributed by atoms with Gasteiger partial charge in [0.1, 0.15) is 0 Å². The summed E-state index contributed by atoms with van der Waals surface area (Å²) in [6.45, 7) is 4.70. The summed E-state index contributed by atoms with van der Waals surface area (Å²) < 4.78 is 0. The van der Waals surface area contributed by atoms with E-state index in [1.807, 2.05) is 0 Å². The van der Waals surface area contributed by atoms with Gasteiger partial charge in [0.2, 0.25) is 0 Å². The van der Waals surface area contributed by atoms with Crippen molar-refractivity contribution < 1.29 is 0 Å². The molecule has 1 saturated heterocycles. The third-order valence-corrected chi connectivity index (χ3v) is 4.16. The van der Waals surface area contributed by atoms with Crippen LogP contribution in [0, 0.1) is 0 Å². The number of nitrogens with zero attached hydrogens (tertiary/aromatic N) is 3. The highest BCUT2D eigenvalue weighted by Crippen LogP contribution is 2.26. The predicted molar refractivity (Wildman–Crippen MR) is 81.7 cm³/mol. The zero-order valence-corrected chi connectivity index (χ0v) is 12.3. The Morgan fingerprint density at radius 1 is 1.05 bits per heavy atom. The van der Waals surface area contributed by atoms with Crippen LogP contribution in [-0.4, -0.2) is 28.0 Å². The molecule has 0 bridgehead atoms. The summed E-state index contributed by atoms with van der Waals surface area (Å²) in [5, 5.41) is 0.563. The van der Waals surface area contributed by atoms with Crippen LogP contribution in [0.3, 0.4) is 0 Å². The van der Waals surface area contributed by atoms with Crippen molar-refractivity contribution in [3.05, 3.63) is 47.2 Å². The highest BCUT2D eigenvalue weighted by Gasteiger charge is 2.19. The Labute approximate surface area is 124 Å². The lowest BCUT2D eigenvalue weighted by Gasteiger charge is -2.24. The van der Waals surface area contributed by atoms with Crippen molar-refractivity contribution in [1.82, 2.24) is 14.9 Å². The molecule has 3 nitrogen and oxygen atoms in total. The molecule has 1 unspecified atom stereocenters. The van der Waals surface area contributed by atoms with E-state index in [1.54, 1.807) is 12.4 Å². The van der Waals surface area contributed by atoms with E-state index in [1.165, 1.54) is 31.5 Å². The number of halogens is 1. The van der Waals surface area contributed by atoms with Crippen molar-refractivity contribution in [3.8, 4) is 11.4 Å². The van der Waals surface area contributed by atoms with Crippen molar-refractivity contribution in [2.45, 2.75) is 25.8 Å². The highest BCUT2D eigenvalue weighted by molar-refractivity contribution is 6.30. The number of rotatable bonds is 3. The molecule has 1 fully saturated rings. The maximum Gasteiger partial charge on any atom is 0.159 e. The topological polar surface area (TPSA) is 29.0 Å². The second-order valence-corrected chi connectivity index (χ2v) is 5.70. The van der Waals surface area contributed by atoms with Crippen molar-refractivity contribution in [2.75, 3.05) is 13.1 Å². The molecular weight excluding hydrogens is 270 g/mol. The van der Waals surface area contributed by atoms with E-state index >= 15 is 0 Å². The average molecular weight is 288 g/mol. The molecule has 1 aliphatic rings. The summed E-state index contributed by atoms with van der Waals surface area (Å²) in [6.07, 6.45) is 5.90. The van der Waals surface area contributed by atoms with Crippen LogP contribution >= 0.6 is 11.6 Å². The molecule has 0 amide bonds. The van der Waals surface area contributed by atoms with Crippen LogP contribution in [-0.2, 0) is 0 Å². The first-order valence-corrected chi connectivity index (χ1v) is 7.44. The van der Waals surface area contributed by atoms with Crippen LogP contribution < -0.4 is 0 Å². The molecule has 1 aromatic heterocycles. The van der Waals surface area contributed by atoms with E-state index in [-0.39, 0.29) is 0 Å². The van der Waals surface area contributed by atoms with Crippen molar-refractivity contribution >= 4 is 11.6 Å². The summed E-state index contributed by atoms with van der Waals surface area (Å²) in [4.78, 5) is 11.0. The van der Waals surface area contributed by atoms with Crippen LogP contribution in [0.25, 0.3) is 11.4 Å². The first-order chi connectivity index (χ1) is 9.74. The van der Waals surface area contributed by atoms with Gasteiger partial charge in [-0.05, 0) is 38.4 Å². The van der Waals surface area contributed by atoms with E-state index in [0.29, 0.717) is 11.1 Å². The zero-order valence-electron chi connectivity index (χ0n) is 11.6. The van der Waals surface area contributed by atoms with Gasteiger partial charge in [0.05, 0.1) is 5.02 Å². The van der Waals surface area contributed by atoms with E-state index in [0.717, 1.165) is 11.4 Å².